The predicted molar refractivity (Wildman–Crippen MR) is 101 cm³/mol. The molecule has 1 aliphatic rings. The van der Waals surface area contributed by atoms with E-state index in [4.69, 9.17) is 0 Å². The van der Waals surface area contributed by atoms with E-state index in [0.29, 0.717) is 38.0 Å². The highest BCUT2D eigenvalue weighted by Crippen LogP contribution is 2.20. The molecule has 2 aromatic carbocycles. The number of rotatable bonds is 4. The van der Waals surface area contributed by atoms with Gasteiger partial charge in [0.1, 0.15) is 0 Å². The highest BCUT2D eigenvalue weighted by atomic mass is 79.9. The minimum absolute atomic E-state index is 0.0160. The van der Waals surface area contributed by atoms with Crippen LogP contribution in [0.2, 0.25) is 0 Å². The van der Waals surface area contributed by atoms with E-state index in [1.54, 1.807) is 0 Å². The number of nitrogens with one attached hydrogen (secondary N) is 1. The molecule has 4 nitrogen and oxygen atoms in total. The van der Waals surface area contributed by atoms with Gasteiger partial charge in [0, 0.05) is 35.6 Å². The number of amides is 2. The summed E-state index contributed by atoms with van der Waals surface area (Å²) in [5.74, 6) is 0.105. The van der Waals surface area contributed by atoms with Gasteiger partial charge in [0.15, 0.2) is 0 Å². The minimum Gasteiger partial charge on any atom is -0.352 e. The lowest BCUT2D eigenvalue weighted by Crippen LogP contribution is -2.42. The van der Waals surface area contributed by atoms with E-state index in [9.17, 15) is 9.59 Å². The second-order valence-corrected chi connectivity index (χ2v) is 7.19. The number of hydrogen-bond acceptors (Lipinski definition) is 2. The van der Waals surface area contributed by atoms with Gasteiger partial charge in [-0.2, -0.15) is 0 Å². The normalized spacial score (nSPS) is 15.0. The lowest BCUT2D eigenvalue weighted by Gasteiger charge is -2.31. The molecule has 0 saturated carbocycles. The van der Waals surface area contributed by atoms with Crippen molar-refractivity contribution in [2.45, 2.75) is 19.4 Å². The maximum atomic E-state index is 12.5. The van der Waals surface area contributed by atoms with Crippen molar-refractivity contribution >= 4 is 27.7 Å². The van der Waals surface area contributed by atoms with Crippen molar-refractivity contribution in [2.24, 2.45) is 5.92 Å². The quantitative estimate of drug-likeness (QED) is 0.851. The highest BCUT2D eigenvalue weighted by Gasteiger charge is 2.27. The molecule has 3 rings (SSSR count). The lowest BCUT2D eigenvalue weighted by atomic mass is 9.95. The maximum absolute atomic E-state index is 12.5. The van der Waals surface area contributed by atoms with Crippen molar-refractivity contribution in [1.29, 1.82) is 0 Å². The fourth-order valence-corrected chi connectivity index (χ4v) is 3.31. The van der Waals surface area contributed by atoms with Gasteiger partial charge in [-0.15, -0.1) is 0 Å². The van der Waals surface area contributed by atoms with Crippen LogP contribution >= 0.6 is 15.9 Å². The van der Waals surface area contributed by atoms with Gasteiger partial charge in [-0.3, -0.25) is 9.59 Å². The van der Waals surface area contributed by atoms with Gasteiger partial charge >= 0.3 is 0 Å². The Morgan fingerprint density at radius 2 is 1.64 bits per heavy atom. The van der Waals surface area contributed by atoms with Crippen LogP contribution in [0.25, 0.3) is 0 Å². The number of halogens is 1. The Morgan fingerprint density at radius 1 is 1.00 bits per heavy atom. The van der Waals surface area contributed by atoms with Crippen LogP contribution in [0.3, 0.4) is 0 Å². The second-order valence-electron chi connectivity index (χ2n) is 6.28. The highest BCUT2D eigenvalue weighted by molar-refractivity contribution is 9.10. The number of carbonyl (C=O) groups is 2. The maximum Gasteiger partial charge on any atom is 0.253 e. The van der Waals surface area contributed by atoms with Crippen LogP contribution in [0.15, 0.2) is 59.1 Å². The van der Waals surface area contributed by atoms with Crippen LogP contribution in [0, 0.1) is 5.92 Å². The zero-order valence-electron chi connectivity index (χ0n) is 14.0. The third-order valence-electron chi connectivity index (χ3n) is 4.55. The topological polar surface area (TPSA) is 49.4 Å². The Balaban J connectivity index is 1.48. The Hall–Kier alpha value is -2.14. The van der Waals surface area contributed by atoms with E-state index in [0.717, 1.165) is 10.0 Å². The van der Waals surface area contributed by atoms with Crippen LogP contribution in [0.5, 0.6) is 0 Å². The lowest BCUT2D eigenvalue weighted by molar-refractivity contribution is -0.126. The summed E-state index contributed by atoms with van der Waals surface area (Å²) in [5, 5.41) is 3.00. The summed E-state index contributed by atoms with van der Waals surface area (Å²) in [5.41, 5.74) is 1.79. The molecule has 0 bridgehead atoms. The average Bonchev–Trinajstić information content (AvgIpc) is 2.67. The third-order valence-corrected chi connectivity index (χ3v) is 5.08. The smallest absolute Gasteiger partial charge is 0.253 e. The van der Waals surface area contributed by atoms with Crippen molar-refractivity contribution in [1.82, 2.24) is 10.2 Å². The first kappa shape index (κ1) is 17.7. The molecule has 2 aromatic rings. The Bertz CT molecular complexity index is 723. The minimum atomic E-state index is -0.0160. The molecule has 1 saturated heterocycles. The summed E-state index contributed by atoms with van der Waals surface area (Å²) in [6.45, 7) is 1.80. The first-order valence-corrected chi connectivity index (χ1v) is 9.29. The first-order valence-electron chi connectivity index (χ1n) is 8.50. The summed E-state index contributed by atoms with van der Waals surface area (Å²) in [7, 11) is 0. The monoisotopic (exact) mass is 400 g/mol. The molecule has 0 spiro atoms. The van der Waals surface area contributed by atoms with Crippen LogP contribution in [0.1, 0.15) is 28.8 Å². The standard InChI is InChI=1S/C20H21BrN2O2/c21-18-8-6-17(7-9-18)20(25)23-12-10-16(11-13-23)19(24)22-14-15-4-2-1-3-5-15/h1-9,16H,10-14H2,(H,22,24). The molecule has 25 heavy (non-hydrogen) atoms. The van der Waals surface area contributed by atoms with Crippen molar-refractivity contribution in [3.63, 3.8) is 0 Å². The third kappa shape index (κ3) is 4.69. The SMILES string of the molecule is O=C(NCc1ccccc1)C1CCN(C(=O)c2ccc(Br)cc2)CC1. The van der Waals surface area contributed by atoms with Gasteiger partial charge in [0.2, 0.25) is 5.91 Å². The first-order chi connectivity index (χ1) is 12.1. The van der Waals surface area contributed by atoms with Crippen molar-refractivity contribution in [3.8, 4) is 0 Å². The van der Waals surface area contributed by atoms with Crippen molar-refractivity contribution < 1.29 is 9.59 Å². The number of nitrogens with zero attached hydrogens (tertiary/aromatic N) is 1. The molecule has 130 valence electrons. The van der Waals surface area contributed by atoms with Gasteiger partial charge in [-0.05, 0) is 42.7 Å². The van der Waals surface area contributed by atoms with Crippen LogP contribution in [-0.4, -0.2) is 29.8 Å². The van der Waals surface area contributed by atoms with Crippen molar-refractivity contribution in [2.75, 3.05) is 13.1 Å². The molecular formula is C20H21BrN2O2. The van der Waals surface area contributed by atoms with E-state index in [2.05, 4.69) is 21.2 Å². The van der Waals surface area contributed by atoms with E-state index >= 15 is 0 Å². The van der Waals surface area contributed by atoms with E-state index < -0.39 is 0 Å². The fraction of sp³-hybridized carbons (Fsp3) is 0.300. The van der Waals surface area contributed by atoms with E-state index in [1.807, 2.05) is 59.5 Å². The molecule has 1 N–H and O–H groups in total. The molecule has 1 aliphatic heterocycles. The molecule has 1 heterocycles. The zero-order chi connectivity index (χ0) is 17.6. The van der Waals surface area contributed by atoms with Crippen molar-refractivity contribution in [3.05, 3.63) is 70.2 Å². The molecule has 0 atom stereocenters. The molecular weight excluding hydrogens is 380 g/mol. The Labute approximate surface area is 156 Å². The summed E-state index contributed by atoms with van der Waals surface area (Å²) < 4.78 is 0.956. The van der Waals surface area contributed by atoms with E-state index in [1.165, 1.54) is 0 Å². The average molecular weight is 401 g/mol. The summed E-state index contributed by atoms with van der Waals surface area (Å²) >= 11 is 3.38. The van der Waals surface area contributed by atoms with E-state index in [-0.39, 0.29) is 17.7 Å². The zero-order valence-corrected chi connectivity index (χ0v) is 15.5. The fourth-order valence-electron chi connectivity index (χ4n) is 3.05. The predicted octanol–water partition coefficient (Wildman–Crippen LogP) is 3.62. The van der Waals surface area contributed by atoms with Gasteiger partial charge in [-0.25, -0.2) is 0 Å². The summed E-state index contributed by atoms with van der Waals surface area (Å²) in [4.78, 5) is 26.7. The number of likely N-dealkylation sites (tertiary alicyclic amines) is 1. The molecule has 1 fully saturated rings. The number of piperidine rings is 1. The number of hydrogen-bond donors (Lipinski definition) is 1. The second kappa shape index (κ2) is 8.30. The van der Waals surface area contributed by atoms with Crippen LogP contribution < -0.4 is 5.32 Å². The van der Waals surface area contributed by atoms with Crippen LogP contribution in [-0.2, 0) is 11.3 Å². The van der Waals surface area contributed by atoms with Gasteiger partial charge in [-0.1, -0.05) is 46.3 Å². The number of benzene rings is 2. The Kier molecular flexibility index (Phi) is 5.87. The summed E-state index contributed by atoms with van der Waals surface area (Å²) in [6, 6.07) is 17.3. The molecule has 0 radical (unpaired) electrons. The number of carbonyl (C=O) groups excluding carboxylic acids is 2. The molecule has 5 heteroatoms. The van der Waals surface area contributed by atoms with Gasteiger partial charge in [0.05, 0.1) is 0 Å². The molecule has 0 aromatic heterocycles. The molecule has 0 unspecified atom stereocenters. The van der Waals surface area contributed by atoms with Gasteiger partial charge in [0.25, 0.3) is 5.91 Å². The largest absolute Gasteiger partial charge is 0.352 e. The van der Waals surface area contributed by atoms with Crippen LogP contribution in [0.4, 0.5) is 0 Å². The Morgan fingerprint density at radius 3 is 2.28 bits per heavy atom. The van der Waals surface area contributed by atoms with Gasteiger partial charge < -0.3 is 10.2 Å². The summed E-state index contributed by atoms with van der Waals surface area (Å²) in [6.07, 6.45) is 1.42. The molecule has 0 aliphatic carbocycles. The molecule has 2 amide bonds.